The maximum Gasteiger partial charge on any atom is 0.208 e. The molecule has 0 fully saturated rings. The van der Waals surface area contributed by atoms with Gasteiger partial charge in [-0.05, 0) is 37.1 Å². The molecule has 3 aromatic rings. The predicted octanol–water partition coefficient (Wildman–Crippen LogP) is 3.89. The van der Waals surface area contributed by atoms with E-state index in [2.05, 4.69) is 20.9 Å². The Morgan fingerprint density at radius 1 is 1.39 bits per heavy atom. The molecule has 0 saturated heterocycles. The van der Waals surface area contributed by atoms with E-state index in [0.29, 0.717) is 0 Å². The number of halogens is 1. The van der Waals surface area contributed by atoms with Crippen molar-refractivity contribution < 1.29 is 8.81 Å². The van der Waals surface area contributed by atoms with E-state index in [1.54, 1.807) is 12.3 Å². The molecule has 3 heterocycles. The number of nitrogens with one attached hydrogen (secondary N) is 1. The lowest BCUT2D eigenvalue weighted by Crippen LogP contribution is -2.28. The second-order valence-corrected chi connectivity index (χ2v) is 5.97. The van der Waals surface area contributed by atoms with Crippen LogP contribution in [0.1, 0.15) is 23.6 Å². The highest BCUT2D eigenvalue weighted by Crippen LogP contribution is 2.29. The van der Waals surface area contributed by atoms with Crippen molar-refractivity contribution in [1.82, 2.24) is 14.9 Å². The van der Waals surface area contributed by atoms with Crippen molar-refractivity contribution in [2.24, 2.45) is 0 Å². The largest absolute Gasteiger partial charge is 0.445 e. The van der Waals surface area contributed by atoms with Gasteiger partial charge in [0, 0.05) is 35.8 Å². The molecular formula is C18H18FN3O. The lowest BCUT2D eigenvalue weighted by Gasteiger charge is -2.25. The third kappa shape index (κ3) is 2.80. The molecule has 1 aromatic carbocycles. The van der Waals surface area contributed by atoms with Gasteiger partial charge in [-0.2, -0.15) is 0 Å². The SMILES string of the molecule is Cc1cnc(CN2CC=C(c3c[nH]c4cc(F)ccc34)CC2)o1. The minimum absolute atomic E-state index is 0.212. The van der Waals surface area contributed by atoms with Gasteiger partial charge < -0.3 is 9.40 Å². The Kier molecular flexibility index (Phi) is 3.50. The minimum atomic E-state index is -0.212. The number of aromatic amines is 1. The average Bonchev–Trinajstić information content (AvgIpc) is 3.14. The van der Waals surface area contributed by atoms with Gasteiger partial charge in [-0.1, -0.05) is 6.08 Å². The number of benzene rings is 1. The van der Waals surface area contributed by atoms with Gasteiger partial charge in [-0.3, -0.25) is 4.90 Å². The maximum atomic E-state index is 13.3. The normalized spacial score (nSPS) is 16.0. The molecule has 1 N–H and O–H groups in total. The summed E-state index contributed by atoms with van der Waals surface area (Å²) in [5, 5.41) is 1.08. The second-order valence-electron chi connectivity index (χ2n) is 5.97. The summed E-state index contributed by atoms with van der Waals surface area (Å²) >= 11 is 0. The maximum absolute atomic E-state index is 13.3. The van der Waals surface area contributed by atoms with Crippen LogP contribution in [0.5, 0.6) is 0 Å². The van der Waals surface area contributed by atoms with Crippen molar-refractivity contribution in [2.45, 2.75) is 19.9 Å². The molecule has 0 radical (unpaired) electrons. The molecule has 1 aliphatic heterocycles. The number of nitrogens with zero attached hydrogens (tertiary/aromatic N) is 2. The molecule has 5 heteroatoms. The van der Waals surface area contributed by atoms with Crippen LogP contribution < -0.4 is 0 Å². The van der Waals surface area contributed by atoms with Crippen LogP contribution in [0, 0.1) is 12.7 Å². The number of hydrogen-bond donors (Lipinski definition) is 1. The van der Waals surface area contributed by atoms with Crippen LogP contribution in [-0.2, 0) is 6.54 Å². The summed E-state index contributed by atoms with van der Waals surface area (Å²) in [6.45, 7) is 4.47. The Morgan fingerprint density at radius 3 is 3.04 bits per heavy atom. The van der Waals surface area contributed by atoms with E-state index in [9.17, 15) is 4.39 Å². The van der Waals surface area contributed by atoms with E-state index in [1.807, 2.05) is 19.2 Å². The zero-order valence-corrected chi connectivity index (χ0v) is 13.0. The molecular weight excluding hydrogens is 293 g/mol. The molecule has 23 heavy (non-hydrogen) atoms. The molecule has 118 valence electrons. The number of aryl methyl sites for hydroxylation is 1. The third-order valence-electron chi connectivity index (χ3n) is 4.31. The number of oxazole rings is 1. The summed E-state index contributed by atoms with van der Waals surface area (Å²) in [4.78, 5) is 9.73. The van der Waals surface area contributed by atoms with Crippen LogP contribution in [0.2, 0.25) is 0 Å². The van der Waals surface area contributed by atoms with Gasteiger partial charge in [0.25, 0.3) is 0 Å². The van der Waals surface area contributed by atoms with E-state index in [-0.39, 0.29) is 5.82 Å². The summed E-state index contributed by atoms with van der Waals surface area (Å²) in [6, 6.07) is 4.90. The Hall–Kier alpha value is -2.40. The molecule has 0 unspecified atom stereocenters. The first-order chi connectivity index (χ1) is 11.2. The minimum Gasteiger partial charge on any atom is -0.445 e. The number of fused-ring (bicyclic) bond motifs is 1. The van der Waals surface area contributed by atoms with E-state index < -0.39 is 0 Å². The molecule has 0 aliphatic carbocycles. The van der Waals surface area contributed by atoms with Crippen LogP contribution in [0.25, 0.3) is 16.5 Å². The fourth-order valence-corrected chi connectivity index (χ4v) is 3.13. The molecule has 1 aliphatic rings. The summed E-state index contributed by atoms with van der Waals surface area (Å²) in [5.41, 5.74) is 3.33. The number of rotatable bonds is 3. The highest BCUT2D eigenvalue weighted by atomic mass is 19.1. The van der Waals surface area contributed by atoms with E-state index in [1.165, 1.54) is 17.2 Å². The molecule has 4 rings (SSSR count). The predicted molar refractivity (Wildman–Crippen MR) is 87.4 cm³/mol. The first-order valence-corrected chi connectivity index (χ1v) is 7.79. The van der Waals surface area contributed by atoms with Gasteiger partial charge >= 0.3 is 0 Å². The second kappa shape index (κ2) is 5.66. The van der Waals surface area contributed by atoms with Gasteiger partial charge in [0.05, 0.1) is 12.7 Å². The number of H-pyrrole nitrogens is 1. The highest BCUT2D eigenvalue weighted by Gasteiger charge is 2.17. The van der Waals surface area contributed by atoms with Crippen LogP contribution in [0.15, 0.2) is 41.1 Å². The first-order valence-electron chi connectivity index (χ1n) is 7.79. The lowest BCUT2D eigenvalue weighted by molar-refractivity contribution is 0.260. The summed E-state index contributed by atoms with van der Waals surface area (Å²) in [7, 11) is 0. The third-order valence-corrected chi connectivity index (χ3v) is 4.31. The van der Waals surface area contributed by atoms with E-state index >= 15 is 0 Å². The van der Waals surface area contributed by atoms with Crippen LogP contribution in [-0.4, -0.2) is 28.0 Å². The van der Waals surface area contributed by atoms with Crippen molar-refractivity contribution in [3.05, 3.63) is 59.7 Å². The Balaban J connectivity index is 1.52. The molecule has 0 atom stereocenters. The van der Waals surface area contributed by atoms with Crippen molar-refractivity contribution in [2.75, 3.05) is 13.1 Å². The monoisotopic (exact) mass is 311 g/mol. The van der Waals surface area contributed by atoms with Crippen LogP contribution in [0.4, 0.5) is 4.39 Å². The van der Waals surface area contributed by atoms with Crippen molar-refractivity contribution >= 4 is 16.5 Å². The average molecular weight is 311 g/mol. The molecule has 0 bridgehead atoms. The summed E-state index contributed by atoms with van der Waals surface area (Å²) in [5.74, 6) is 1.40. The van der Waals surface area contributed by atoms with Gasteiger partial charge in [0.1, 0.15) is 11.6 Å². The number of hydrogen-bond acceptors (Lipinski definition) is 3. The van der Waals surface area contributed by atoms with Crippen molar-refractivity contribution in [3.63, 3.8) is 0 Å². The molecule has 4 nitrogen and oxygen atoms in total. The Bertz CT molecular complexity index is 877. The fraction of sp³-hybridized carbons (Fsp3) is 0.278. The summed E-state index contributed by atoms with van der Waals surface area (Å²) < 4.78 is 18.8. The molecule has 2 aromatic heterocycles. The van der Waals surface area contributed by atoms with Crippen molar-refractivity contribution in [3.8, 4) is 0 Å². The fourth-order valence-electron chi connectivity index (χ4n) is 3.13. The summed E-state index contributed by atoms with van der Waals surface area (Å²) in [6.07, 6.45) is 6.93. The van der Waals surface area contributed by atoms with Crippen molar-refractivity contribution in [1.29, 1.82) is 0 Å². The zero-order chi connectivity index (χ0) is 15.8. The standard InChI is InChI=1S/C18H18FN3O/c1-12-9-21-18(23-12)11-22-6-4-13(5-7-22)16-10-20-17-8-14(19)2-3-15(16)17/h2-4,8-10,20H,5-7,11H2,1H3. The Labute approximate surface area is 133 Å². The van der Waals surface area contributed by atoms with Crippen LogP contribution in [0.3, 0.4) is 0 Å². The Morgan fingerprint density at radius 2 is 2.30 bits per heavy atom. The van der Waals surface area contributed by atoms with E-state index in [0.717, 1.165) is 48.6 Å². The van der Waals surface area contributed by atoms with Crippen LogP contribution >= 0.6 is 0 Å². The zero-order valence-electron chi connectivity index (χ0n) is 13.0. The number of aromatic nitrogens is 2. The van der Waals surface area contributed by atoms with Gasteiger partial charge in [-0.15, -0.1) is 0 Å². The molecule has 0 spiro atoms. The molecule has 0 amide bonds. The quantitative estimate of drug-likeness (QED) is 0.798. The smallest absolute Gasteiger partial charge is 0.208 e. The lowest BCUT2D eigenvalue weighted by atomic mass is 9.99. The highest BCUT2D eigenvalue weighted by molar-refractivity contribution is 5.92. The molecule has 0 saturated carbocycles. The van der Waals surface area contributed by atoms with E-state index in [4.69, 9.17) is 4.42 Å². The van der Waals surface area contributed by atoms with Gasteiger partial charge in [0.15, 0.2) is 0 Å². The van der Waals surface area contributed by atoms with Gasteiger partial charge in [0.2, 0.25) is 5.89 Å². The topological polar surface area (TPSA) is 45.1 Å². The van der Waals surface area contributed by atoms with Gasteiger partial charge in [-0.25, -0.2) is 9.37 Å². The first kappa shape index (κ1) is 14.2.